The van der Waals surface area contributed by atoms with Crippen molar-refractivity contribution in [2.45, 2.75) is 13.3 Å². The topological polar surface area (TPSA) is 77.1 Å². The molecule has 0 heterocycles. The fourth-order valence-corrected chi connectivity index (χ4v) is 2.82. The van der Waals surface area contributed by atoms with Crippen LogP contribution in [0.2, 0.25) is 0 Å². The first-order chi connectivity index (χ1) is 13.5. The molecule has 150 valence electrons. The standard InChI is InChI=1S/C21H26N2O5/c1-15(24)23(17-9-10-19(27-3)20(13-17)28-4)14-21(25)22-12-11-16-7-5-6-8-18(16)26-2/h5-10,13H,11-12,14H2,1-4H3,(H,22,25). The first-order valence-corrected chi connectivity index (χ1v) is 8.88. The minimum Gasteiger partial charge on any atom is -0.496 e. The highest BCUT2D eigenvalue weighted by atomic mass is 16.5. The number of hydrogen-bond acceptors (Lipinski definition) is 5. The number of hydrogen-bond donors (Lipinski definition) is 1. The molecule has 0 aliphatic heterocycles. The van der Waals surface area contributed by atoms with Gasteiger partial charge in [-0.1, -0.05) is 18.2 Å². The van der Waals surface area contributed by atoms with Crippen LogP contribution in [0.25, 0.3) is 0 Å². The zero-order valence-corrected chi connectivity index (χ0v) is 16.7. The number of rotatable bonds is 9. The number of carbonyl (C=O) groups excluding carboxylic acids is 2. The predicted octanol–water partition coefficient (Wildman–Crippen LogP) is 2.42. The molecule has 28 heavy (non-hydrogen) atoms. The third-order valence-corrected chi connectivity index (χ3v) is 4.27. The number of ether oxygens (including phenoxy) is 3. The summed E-state index contributed by atoms with van der Waals surface area (Å²) >= 11 is 0. The van der Waals surface area contributed by atoms with E-state index in [0.29, 0.717) is 30.2 Å². The molecule has 0 aliphatic carbocycles. The molecule has 0 atom stereocenters. The number of amides is 2. The Morgan fingerprint density at radius 2 is 1.61 bits per heavy atom. The lowest BCUT2D eigenvalue weighted by molar-refractivity contribution is -0.123. The molecule has 0 radical (unpaired) electrons. The van der Waals surface area contributed by atoms with Gasteiger partial charge in [0.1, 0.15) is 12.3 Å². The van der Waals surface area contributed by atoms with Crippen molar-refractivity contribution in [2.24, 2.45) is 0 Å². The van der Waals surface area contributed by atoms with E-state index >= 15 is 0 Å². The highest BCUT2D eigenvalue weighted by Crippen LogP contribution is 2.31. The maximum Gasteiger partial charge on any atom is 0.240 e. The van der Waals surface area contributed by atoms with E-state index in [2.05, 4.69) is 5.32 Å². The summed E-state index contributed by atoms with van der Waals surface area (Å²) in [7, 11) is 4.67. The van der Waals surface area contributed by atoms with Crippen LogP contribution in [0, 0.1) is 0 Å². The summed E-state index contributed by atoms with van der Waals surface area (Å²) in [6.45, 7) is 1.77. The summed E-state index contributed by atoms with van der Waals surface area (Å²) in [6.07, 6.45) is 0.631. The lowest BCUT2D eigenvalue weighted by Crippen LogP contribution is -2.40. The van der Waals surface area contributed by atoms with Crippen LogP contribution in [0.5, 0.6) is 17.2 Å². The Hall–Kier alpha value is -3.22. The summed E-state index contributed by atoms with van der Waals surface area (Å²) < 4.78 is 15.8. The highest BCUT2D eigenvalue weighted by molar-refractivity contribution is 5.97. The second kappa shape index (κ2) is 10.2. The number of anilines is 1. The molecule has 0 saturated heterocycles. The van der Waals surface area contributed by atoms with Gasteiger partial charge in [0.15, 0.2) is 11.5 Å². The van der Waals surface area contributed by atoms with Crippen molar-refractivity contribution in [3.05, 3.63) is 48.0 Å². The van der Waals surface area contributed by atoms with E-state index in [-0.39, 0.29) is 18.4 Å². The summed E-state index contributed by atoms with van der Waals surface area (Å²) in [6, 6.07) is 12.7. The molecule has 0 saturated carbocycles. The molecule has 7 nitrogen and oxygen atoms in total. The van der Waals surface area contributed by atoms with Gasteiger partial charge < -0.3 is 24.4 Å². The maximum absolute atomic E-state index is 12.4. The fourth-order valence-electron chi connectivity index (χ4n) is 2.82. The van der Waals surface area contributed by atoms with Crippen molar-refractivity contribution in [2.75, 3.05) is 39.3 Å². The van der Waals surface area contributed by atoms with Crippen LogP contribution in [-0.4, -0.2) is 46.2 Å². The Morgan fingerprint density at radius 1 is 0.929 bits per heavy atom. The SMILES string of the molecule is COc1ccccc1CCNC(=O)CN(C(C)=O)c1ccc(OC)c(OC)c1. The number of nitrogens with one attached hydrogen (secondary N) is 1. The Morgan fingerprint density at radius 3 is 2.25 bits per heavy atom. The van der Waals surface area contributed by atoms with Gasteiger partial charge in [0.2, 0.25) is 11.8 Å². The third-order valence-electron chi connectivity index (χ3n) is 4.27. The Bertz CT molecular complexity index is 822. The molecule has 0 spiro atoms. The monoisotopic (exact) mass is 386 g/mol. The number of benzene rings is 2. The predicted molar refractivity (Wildman–Crippen MR) is 107 cm³/mol. The van der Waals surface area contributed by atoms with Gasteiger partial charge in [0.05, 0.1) is 21.3 Å². The van der Waals surface area contributed by atoms with E-state index < -0.39 is 0 Å². The van der Waals surface area contributed by atoms with Crippen LogP contribution in [0.4, 0.5) is 5.69 Å². The first kappa shape index (κ1) is 21.1. The van der Waals surface area contributed by atoms with E-state index in [1.165, 1.54) is 26.0 Å². The van der Waals surface area contributed by atoms with E-state index in [0.717, 1.165) is 11.3 Å². The highest BCUT2D eigenvalue weighted by Gasteiger charge is 2.17. The summed E-state index contributed by atoms with van der Waals surface area (Å²) in [5.41, 5.74) is 1.57. The average molecular weight is 386 g/mol. The molecule has 0 bridgehead atoms. The van der Waals surface area contributed by atoms with Crippen LogP contribution >= 0.6 is 0 Å². The van der Waals surface area contributed by atoms with Gasteiger partial charge in [0.25, 0.3) is 0 Å². The molecule has 7 heteroatoms. The van der Waals surface area contributed by atoms with Crippen molar-refractivity contribution < 1.29 is 23.8 Å². The molecule has 2 amide bonds. The minimum absolute atomic E-state index is 0.0866. The zero-order chi connectivity index (χ0) is 20.5. The lowest BCUT2D eigenvalue weighted by Gasteiger charge is -2.22. The Kier molecular flexibility index (Phi) is 7.68. The van der Waals surface area contributed by atoms with Crippen molar-refractivity contribution in [1.29, 1.82) is 0 Å². The summed E-state index contributed by atoms with van der Waals surface area (Å²) in [5.74, 6) is 1.33. The second-order valence-corrected chi connectivity index (χ2v) is 6.06. The smallest absolute Gasteiger partial charge is 0.240 e. The second-order valence-electron chi connectivity index (χ2n) is 6.06. The summed E-state index contributed by atoms with van der Waals surface area (Å²) in [5, 5.41) is 2.84. The fraction of sp³-hybridized carbons (Fsp3) is 0.333. The third kappa shape index (κ3) is 5.39. The van der Waals surface area contributed by atoms with E-state index in [1.54, 1.807) is 25.3 Å². The van der Waals surface area contributed by atoms with Crippen LogP contribution < -0.4 is 24.4 Å². The first-order valence-electron chi connectivity index (χ1n) is 8.88. The van der Waals surface area contributed by atoms with Crippen molar-refractivity contribution >= 4 is 17.5 Å². The van der Waals surface area contributed by atoms with Crippen molar-refractivity contribution in [1.82, 2.24) is 5.32 Å². The van der Waals surface area contributed by atoms with Crippen molar-refractivity contribution in [3.63, 3.8) is 0 Å². The number of carbonyl (C=O) groups is 2. The Balaban J connectivity index is 2.00. The van der Waals surface area contributed by atoms with Gasteiger partial charge in [-0.15, -0.1) is 0 Å². The van der Waals surface area contributed by atoms with Gasteiger partial charge in [-0.05, 0) is 30.2 Å². The van der Waals surface area contributed by atoms with Gasteiger partial charge >= 0.3 is 0 Å². The number of para-hydroxylation sites is 1. The van der Waals surface area contributed by atoms with E-state index in [9.17, 15) is 9.59 Å². The molecule has 2 aromatic carbocycles. The normalized spacial score (nSPS) is 10.1. The minimum atomic E-state index is -0.250. The van der Waals surface area contributed by atoms with E-state index in [1.807, 2.05) is 24.3 Å². The average Bonchev–Trinajstić information content (AvgIpc) is 2.71. The van der Waals surface area contributed by atoms with Crippen molar-refractivity contribution in [3.8, 4) is 17.2 Å². The van der Waals surface area contributed by atoms with Crippen LogP contribution in [0.15, 0.2) is 42.5 Å². The van der Waals surface area contributed by atoms with Gasteiger partial charge in [0, 0.05) is 25.2 Å². The quantitative estimate of drug-likeness (QED) is 0.716. The lowest BCUT2D eigenvalue weighted by atomic mass is 10.1. The van der Waals surface area contributed by atoms with Crippen LogP contribution in [0.1, 0.15) is 12.5 Å². The molecule has 2 rings (SSSR count). The van der Waals surface area contributed by atoms with Crippen LogP contribution in [-0.2, 0) is 16.0 Å². The molecule has 0 unspecified atom stereocenters. The van der Waals surface area contributed by atoms with Gasteiger partial charge in [-0.2, -0.15) is 0 Å². The molecular formula is C21H26N2O5. The molecular weight excluding hydrogens is 360 g/mol. The number of nitrogens with zero attached hydrogens (tertiary/aromatic N) is 1. The largest absolute Gasteiger partial charge is 0.496 e. The van der Waals surface area contributed by atoms with Gasteiger partial charge in [-0.3, -0.25) is 9.59 Å². The molecule has 2 aromatic rings. The zero-order valence-electron chi connectivity index (χ0n) is 16.7. The molecule has 0 fully saturated rings. The maximum atomic E-state index is 12.4. The number of methoxy groups -OCH3 is 3. The van der Waals surface area contributed by atoms with E-state index in [4.69, 9.17) is 14.2 Å². The summed E-state index contributed by atoms with van der Waals surface area (Å²) in [4.78, 5) is 25.8. The molecule has 0 aliphatic rings. The van der Waals surface area contributed by atoms with Crippen LogP contribution in [0.3, 0.4) is 0 Å². The Labute approximate surface area is 165 Å². The molecule has 0 aromatic heterocycles. The van der Waals surface area contributed by atoms with Gasteiger partial charge in [-0.25, -0.2) is 0 Å². The molecule has 1 N–H and O–H groups in total.